The number of halogens is 2. The molecule has 1 amide bonds. The van der Waals surface area contributed by atoms with Gasteiger partial charge in [-0.1, -0.05) is 23.2 Å². The van der Waals surface area contributed by atoms with Crippen LogP contribution in [0.4, 0.5) is 5.69 Å². The van der Waals surface area contributed by atoms with E-state index in [9.17, 15) is 9.59 Å². The van der Waals surface area contributed by atoms with Gasteiger partial charge >= 0.3 is 0 Å². The lowest BCUT2D eigenvalue weighted by molar-refractivity contribution is 0.0950. The number of nitrogens with one attached hydrogen (secondary N) is 1. The van der Waals surface area contributed by atoms with Crippen LogP contribution in [-0.4, -0.2) is 48.1 Å². The molecule has 1 aliphatic carbocycles. The van der Waals surface area contributed by atoms with Crippen LogP contribution in [0, 0.1) is 6.92 Å². The molecule has 0 bridgehead atoms. The van der Waals surface area contributed by atoms with Gasteiger partial charge in [0.1, 0.15) is 5.15 Å². The molecule has 0 spiro atoms. The van der Waals surface area contributed by atoms with Crippen molar-refractivity contribution < 1.29 is 4.79 Å². The fourth-order valence-corrected chi connectivity index (χ4v) is 6.27. The van der Waals surface area contributed by atoms with Crippen LogP contribution in [0.2, 0.25) is 10.2 Å². The van der Waals surface area contributed by atoms with E-state index in [2.05, 4.69) is 36.1 Å². The summed E-state index contributed by atoms with van der Waals surface area (Å²) >= 11 is 13.0. The van der Waals surface area contributed by atoms with Crippen molar-refractivity contribution in [3.63, 3.8) is 0 Å². The molecular formula is C27H36Cl2N4O2. The van der Waals surface area contributed by atoms with E-state index in [1.54, 1.807) is 12.1 Å². The number of amides is 1. The molecule has 2 aromatic rings. The van der Waals surface area contributed by atoms with Gasteiger partial charge in [-0.15, -0.1) is 0 Å². The van der Waals surface area contributed by atoms with Gasteiger partial charge in [0, 0.05) is 59.8 Å². The average molecular weight is 520 g/mol. The molecule has 1 aliphatic heterocycles. The number of hydrogen-bond donors (Lipinski definition) is 1. The van der Waals surface area contributed by atoms with E-state index in [1.165, 1.54) is 0 Å². The molecule has 35 heavy (non-hydrogen) atoms. The van der Waals surface area contributed by atoms with Crippen molar-refractivity contribution in [1.82, 2.24) is 14.8 Å². The molecule has 0 atom stereocenters. The lowest BCUT2D eigenvalue weighted by atomic mass is 9.89. The van der Waals surface area contributed by atoms with Crippen LogP contribution in [0.3, 0.4) is 0 Å². The number of aryl methyl sites for hydroxylation is 1. The van der Waals surface area contributed by atoms with E-state index in [0.717, 1.165) is 68.6 Å². The zero-order valence-electron chi connectivity index (χ0n) is 21.2. The van der Waals surface area contributed by atoms with Gasteiger partial charge in [-0.3, -0.25) is 9.59 Å². The molecule has 2 heterocycles. The molecular weight excluding hydrogens is 483 g/mol. The van der Waals surface area contributed by atoms with Crippen LogP contribution in [0.5, 0.6) is 0 Å². The van der Waals surface area contributed by atoms with E-state index >= 15 is 0 Å². The maximum absolute atomic E-state index is 13.3. The maximum atomic E-state index is 13.3. The molecule has 0 saturated heterocycles. The molecule has 1 aromatic heterocycles. The average Bonchev–Trinajstić information content (AvgIpc) is 3.30. The Morgan fingerprint density at radius 3 is 2.46 bits per heavy atom. The van der Waals surface area contributed by atoms with Gasteiger partial charge < -0.3 is 19.7 Å². The van der Waals surface area contributed by atoms with Crippen molar-refractivity contribution in [3.8, 4) is 0 Å². The lowest BCUT2D eigenvalue weighted by Gasteiger charge is -2.40. The van der Waals surface area contributed by atoms with Gasteiger partial charge in [0.25, 0.3) is 5.91 Å². The van der Waals surface area contributed by atoms with Crippen LogP contribution >= 0.6 is 23.2 Å². The molecule has 1 aromatic carbocycles. The van der Waals surface area contributed by atoms with Gasteiger partial charge in [0.05, 0.1) is 5.56 Å². The number of pyridine rings is 1. The SMILES string of the molecule is CCN(c1cc(Cl)cc(C(=O)NCc2c(Cl)n3c(cc2=O)CCC3)c1C)C1CCC(N(C)C)CC1. The quantitative estimate of drug-likeness (QED) is 0.521. The summed E-state index contributed by atoms with van der Waals surface area (Å²) in [6.07, 6.45) is 6.40. The minimum atomic E-state index is -0.250. The summed E-state index contributed by atoms with van der Waals surface area (Å²) in [5.41, 5.74) is 3.71. The summed E-state index contributed by atoms with van der Waals surface area (Å²) < 4.78 is 1.97. The van der Waals surface area contributed by atoms with Crippen LogP contribution < -0.4 is 15.6 Å². The van der Waals surface area contributed by atoms with Crippen molar-refractivity contribution >= 4 is 34.8 Å². The summed E-state index contributed by atoms with van der Waals surface area (Å²) in [7, 11) is 4.30. The summed E-state index contributed by atoms with van der Waals surface area (Å²) in [4.78, 5) is 30.6. The van der Waals surface area contributed by atoms with Gasteiger partial charge in [-0.25, -0.2) is 0 Å². The first-order valence-corrected chi connectivity index (χ1v) is 13.4. The third kappa shape index (κ3) is 5.40. The molecule has 6 nitrogen and oxygen atoms in total. The van der Waals surface area contributed by atoms with E-state index in [1.807, 2.05) is 17.6 Å². The second kappa shape index (κ2) is 10.9. The third-order valence-corrected chi connectivity index (χ3v) is 8.40. The fourth-order valence-electron chi connectivity index (χ4n) is 5.71. The number of aromatic nitrogens is 1. The second-order valence-electron chi connectivity index (χ2n) is 10.0. The van der Waals surface area contributed by atoms with Gasteiger partial charge in [-0.2, -0.15) is 0 Å². The highest BCUT2D eigenvalue weighted by atomic mass is 35.5. The Labute approximate surface area is 218 Å². The first-order valence-electron chi connectivity index (χ1n) is 12.6. The van der Waals surface area contributed by atoms with Crippen LogP contribution in [-0.2, 0) is 19.5 Å². The van der Waals surface area contributed by atoms with Gasteiger partial charge in [-0.05, 0) is 84.2 Å². The van der Waals surface area contributed by atoms with Crippen molar-refractivity contribution in [3.05, 3.63) is 61.0 Å². The van der Waals surface area contributed by atoms with E-state index < -0.39 is 0 Å². The molecule has 2 aliphatic rings. The van der Waals surface area contributed by atoms with E-state index in [4.69, 9.17) is 23.2 Å². The summed E-state index contributed by atoms with van der Waals surface area (Å²) in [5.74, 6) is -0.250. The predicted octanol–water partition coefficient (Wildman–Crippen LogP) is 5.04. The minimum Gasteiger partial charge on any atom is -0.369 e. The largest absolute Gasteiger partial charge is 0.369 e. The van der Waals surface area contributed by atoms with E-state index in [-0.39, 0.29) is 17.9 Å². The Hall–Kier alpha value is -2.02. The molecule has 1 saturated carbocycles. The number of carbonyl (C=O) groups is 1. The number of hydrogen-bond acceptors (Lipinski definition) is 4. The summed E-state index contributed by atoms with van der Waals surface area (Å²) in [6, 6.07) is 6.38. The normalized spacial score (nSPS) is 19.6. The fraction of sp³-hybridized carbons (Fsp3) is 0.556. The highest BCUT2D eigenvalue weighted by Crippen LogP contribution is 2.34. The van der Waals surface area contributed by atoms with Crippen LogP contribution in [0.1, 0.15) is 66.2 Å². The Morgan fingerprint density at radius 2 is 1.80 bits per heavy atom. The van der Waals surface area contributed by atoms with Crippen molar-refractivity contribution in [1.29, 1.82) is 0 Å². The Balaban J connectivity index is 1.54. The van der Waals surface area contributed by atoms with Crippen molar-refractivity contribution in [2.24, 2.45) is 0 Å². The zero-order chi connectivity index (χ0) is 25.3. The van der Waals surface area contributed by atoms with Crippen LogP contribution in [0.15, 0.2) is 23.0 Å². The smallest absolute Gasteiger partial charge is 0.251 e. The van der Waals surface area contributed by atoms with Gasteiger partial charge in [0.2, 0.25) is 0 Å². The lowest BCUT2D eigenvalue weighted by Crippen LogP contribution is -2.42. The van der Waals surface area contributed by atoms with Crippen molar-refractivity contribution in [2.45, 2.75) is 77.5 Å². The standard InChI is InChI=1S/C27H36Cl2N4O2/c1-5-32(20-10-8-19(9-11-20)31(3)4)24-14-18(28)13-22(17(24)2)27(35)30-16-23-25(34)15-21-7-6-12-33(21)26(23)29/h13-15,19-20H,5-12,16H2,1-4H3,(H,30,35). The molecule has 0 unspecified atom stereocenters. The minimum absolute atomic E-state index is 0.0874. The predicted molar refractivity (Wildman–Crippen MR) is 144 cm³/mol. The number of carbonyl (C=O) groups excluding carboxylic acids is 1. The third-order valence-electron chi connectivity index (χ3n) is 7.75. The number of nitrogens with zero attached hydrogens (tertiary/aromatic N) is 3. The van der Waals surface area contributed by atoms with Gasteiger partial charge in [0.15, 0.2) is 5.43 Å². The highest BCUT2D eigenvalue weighted by molar-refractivity contribution is 6.31. The first-order chi connectivity index (χ1) is 16.7. The van der Waals surface area contributed by atoms with Crippen LogP contribution in [0.25, 0.3) is 0 Å². The highest BCUT2D eigenvalue weighted by Gasteiger charge is 2.28. The van der Waals surface area contributed by atoms with Crippen molar-refractivity contribution in [2.75, 3.05) is 25.5 Å². The number of fused-ring (bicyclic) bond motifs is 1. The molecule has 1 fully saturated rings. The number of benzene rings is 1. The monoisotopic (exact) mass is 518 g/mol. The molecule has 8 heteroatoms. The summed E-state index contributed by atoms with van der Waals surface area (Å²) in [6.45, 7) is 5.87. The molecule has 1 N–H and O–H groups in total. The zero-order valence-corrected chi connectivity index (χ0v) is 22.7. The number of rotatable bonds is 7. The summed E-state index contributed by atoms with van der Waals surface area (Å²) in [5, 5.41) is 3.88. The molecule has 4 rings (SSSR count). The second-order valence-corrected chi connectivity index (χ2v) is 10.8. The maximum Gasteiger partial charge on any atom is 0.251 e. The Morgan fingerprint density at radius 1 is 1.11 bits per heavy atom. The molecule has 0 radical (unpaired) electrons. The Kier molecular flexibility index (Phi) is 8.14. The Bertz CT molecular complexity index is 1150. The topological polar surface area (TPSA) is 57.6 Å². The molecule has 190 valence electrons. The van der Waals surface area contributed by atoms with E-state index in [0.29, 0.717) is 33.4 Å². The number of anilines is 1. The first kappa shape index (κ1) is 26.1.